The second-order valence-electron chi connectivity index (χ2n) is 5.65. The standard InChI is InChI=1S/C15H21FN4/c1-11(2)20-14-9-12(16)3-4-13(14)18-15(20)10-19-7-5-17-6-8-19/h3-4,9,11,17H,5-8,10H2,1-2H3. The number of halogens is 1. The van der Waals surface area contributed by atoms with Gasteiger partial charge in [0.1, 0.15) is 11.6 Å². The minimum atomic E-state index is -0.201. The lowest BCUT2D eigenvalue weighted by Crippen LogP contribution is -2.43. The molecule has 108 valence electrons. The van der Waals surface area contributed by atoms with Crippen molar-refractivity contribution in [2.45, 2.75) is 26.4 Å². The summed E-state index contributed by atoms with van der Waals surface area (Å²) in [6.45, 7) is 9.19. The van der Waals surface area contributed by atoms with Gasteiger partial charge in [0.15, 0.2) is 0 Å². The van der Waals surface area contributed by atoms with Crippen LogP contribution in [-0.2, 0) is 6.54 Å². The Kier molecular flexibility index (Phi) is 3.72. The predicted octanol–water partition coefficient (Wildman–Crippen LogP) is 2.16. The molecule has 3 rings (SSSR count). The summed E-state index contributed by atoms with van der Waals surface area (Å²) >= 11 is 0. The normalized spacial score (nSPS) is 17.2. The number of benzene rings is 1. The van der Waals surface area contributed by atoms with E-state index in [1.165, 1.54) is 6.07 Å². The van der Waals surface area contributed by atoms with Crippen molar-refractivity contribution < 1.29 is 4.39 Å². The highest BCUT2D eigenvalue weighted by Crippen LogP contribution is 2.23. The third-order valence-corrected chi connectivity index (χ3v) is 3.82. The van der Waals surface area contributed by atoms with Gasteiger partial charge in [-0.25, -0.2) is 9.37 Å². The van der Waals surface area contributed by atoms with E-state index in [0.717, 1.165) is 49.6 Å². The molecule has 1 fully saturated rings. The molecule has 0 spiro atoms. The fraction of sp³-hybridized carbons (Fsp3) is 0.533. The van der Waals surface area contributed by atoms with Crippen molar-refractivity contribution in [3.63, 3.8) is 0 Å². The molecule has 1 aliphatic heterocycles. The van der Waals surface area contributed by atoms with Gasteiger partial charge < -0.3 is 9.88 Å². The van der Waals surface area contributed by atoms with Crippen LogP contribution in [0.3, 0.4) is 0 Å². The van der Waals surface area contributed by atoms with Gasteiger partial charge in [-0.2, -0.15) is 0 Å². The summed E-state index contributed by atoms with van der Waals surface area (Å²) < 4.78 is 15.6. The highest BCUT2D eigenvalue weighted by molar-refractivity contribution is 5.76. The first-order valence-electron chi connectivity index (χ1n) is 7.24. The molecule has 2 aromatic rings. The van der Waals surface area contributed by atoms with Crippen LogP contribution in [0, 0.1) is 5.82 Å². The molecule has 1 aromatic heterocycles. The minimum Gasteiger partial charge on any atom is -0.324 e. The zero-order valence-corrected chi connectivity index (χ0v) is 12.1. The van der Waals surface area contributed by atoms with Crippen molar-refractivity contribution in [2.24, 2.45) is 0 Å². The molecule has 0 unspecified atom stereocenters. The molecule has 5 heteroatoms. The number of aromatic nitrogens is 2. The minimum absolute atomic E-state index is 0.201. The van der Waals surface area contributed by atoms with E-state index in [9.17, 15) is 4.39 Å². The van der Waals surface area contributed by atoms with Gasteiger partial charge >= 0.3 is 0 Å². The van der Waals surface area contributed by atoms with Crippen LogP contribution in [-0.4, -0.2) is 40.6 Å². The van der Waals surface area contributed by atoms with Gasteiger partial charge in [-0.1, -0.05) is 0 Å². The second-order valence-corrected chi connectivity index (χ2v) is 5.65. The topological polar surface area (TPSA) is 33.1 Å². The van der Waals surface area contributed by atoms with Crippen LogP contribution in [0.5, 0.6) is 0 Å². The maximum atomic E-state index is 13.5. The molecule has 20 heavy (non-hydrogen) atoms. The predicted molar refractivity (Wildman–Crippen MR) is 78.2 cm³/mol. The molecular weight excluding hydrogens is 255 g/mol. The summed E-state index contributed by atoms with van der Waals surface area (Å²) in [4.78, 5) is 7.10. The Balaban J connectivity index is 1.98. The van der Waals surface area contributed by atoms with Gasteiger partial charge in [0.05, 0.1) is 17.6 Å². The number of fused-ring (bicyclic) bond motifs is 1. The van der Waals surface area contributed by atoms with Gasteiger partial charge in [-0.05, 0) is 32.0 Å². The molecule has 1 aromatic carbocycles. The second kappa shape index (κ2) is 5.50. The van der Waals surface area contributed by atoms with E-state index in [1.54, 1.807) is 12.1 Å². The molecule has 0 radical (unpaired) electrons. The average Bonchev–Trinajstić information content (AvgIpc) is 2.77. The zero-order chi connectivity index (χ0) is 14.1. The maximum Gasteiger partial charge on any atom is 0.125 e. The molecule has 2 heterocycles. The quantitative estimate of drug-likeness (QED) is 0.932. The lowest BCUT2D eigenvalue weighted by Gasteiger charge is -2.27. The number of imidazole rings is 1. The summed E-state index contributed by atoms with van der Waals surface area (Å²) in [5.74, 6) is 0.829. The number of piperazine rings is 1. The first kappa shape index (κ1) is 13.5. The molecule has 0 atom stereocenters. The van der Waals surface area contributed by atoms with Crippen molar-refractivity contribution in [3.8, 4) is 0 Å². The van der Waals surface area contributed by atoms with Gasteiger partial charge in [-0.15, -0.1) is 0 Å². The van der Waals surface area contributed by atoms with Crippen LogP contribution in [0.4, 0.5) is 4.39 Å². The zero-order valence-electron chi connectivity index (χ0n) is 12.1. The van der Waals surface area contributed by atoms with E-state index in [4.69, 9.17) is 4.98 Å². The summed E-state index contributed by atoms with van der Waals surface area (Å²) in [6, 6.07) is 5.11. The van der Waals surface area contributed by atoms with E-state index >= 15 is 0 Å². The van der Waals surface area contributed by atoms with E-state index in [0.29, 0.717) is 0 Å². The molecule has 0 amide bonds. The molecular formula is C15H21FN4. The lowest BCUT2D eigenvalue weighted by molar-refractivity contribution is 0.224. The Hall–Kier alpha value is -1.46. The van der Waals surface area contributed by atoms with Gasteiger partial charge in [-0.3, -0.25) is 4.90 Å². The SMILES string of the molecule is CC(C)n1c(CN2CCNCC2)nc2ccc(F)cc21. The average molecular weight is 276 g/mol. The van der Waals surface area contributed by atoms with Gasteiger partial charge in [0, 0.05) is 32.2 Å². The lowest BCUT2D eigenvalue weighted by atomic mass is 10.3. The van der Waals surface area contributed by atoms with Crippen LogP contribution in [0.25, 0.3) is 11.0 Å². The first-order valence-corrected chi connectivity index (χ1v) is 7.24. The Morgan fingerprint density at radius 2 is 2.05 bits per heavy atom. The van der Waals surface area contributed by atoms with Crippen molar-refractivity contribution in [2.75, 3.05) is 26.2 Å². The number of hydrogen-bond acceptors (Lipinski definition) is 3. The Bertz CT molecular complexity index is 599. The van der Waals surface area contributed by atoms with Crippen LogP contribution < -0.4 is 5.32 Å². The van der Waals surface area contributed by atoms with E-state index in [-0.39, 0.29) is 11.9 Å². The van der Waals surface area contributed by atoms with Crippen LogP contribution in [0.2, 0.25) is 0 Å². The summed E-state index contributed by atoms with van der Waals surface area (Å²) in [7, 11) is 0. The van der Waals surface area contributed by atoms with E-state index < -0.39 is 0 Å². The molecule has 1 saturated heterocycles. The third kappa shape index (κ3) is 2.55. The number of nitrogens with one attached hydrogen (secondary N) is 1. The smallest absolute Gasteiger partial charge is 0.125 e. The van der Waals surface area contributed by atoms with Crippen molar-refractivity contribution in [1.82, 2.24) is 19.8 Å². The van der Waals surface area contributed by atoms with Crippen LogP contribution in [0.1, 0.15) is 25.7 Å². The number of hydrogen-bond donors (Lipinski definition) is 1. The molecule has 0 aliphatic carbocycles. The van der Waals surface area contributed by atoms with Crippen molar-refractivity contribution >= 4 is 11.0 Å². The Morgan fingerprint density at radius 3 is 2.75 bits per heavy atom. The van der Waals surface area contributed by atoms with Crippen molar-refractivity contribution in [3.05, 3.63) is 29.8 Å². The van der Waals surface area contributed by atoms with Gasteiger partial charge in [0.25, 0.3) is 0 Å². The molecule has 4 nitrogen and oxygen atoms in total. The summed E-state index contributed by atoms with van der Waals surface area (Å²) in [5.41, 5.74) is 1.77. The molecule has 0 bridgehead atoms. The Morgan fingerprint density at radius 1 is 1.30 bits per heavy atom. The fourth-order valence-corrected chi connectivity index (χ4v) is 2.87. The summed E-state index contributed by atoms with van der Waals surface area (Å²) in [6.07, 6.45) is 0. The number of rotatable bonds is 3. The molecule has 1 aliphatic rings. The highest BCUT2D eigenvalue weighted by Gasteiger charge is 2.17. The molecule has 1 N–H and O–H groups in total. The highest BCUT2D eigenvalue weighted by atomic mass is 19.1. The van der Waals surface area contributed by atoms with Gasteiger partial charge in [0.2, 0.25) is 0 Å². The summed E-state index contributed by atoms with van der Waals surface area (Å²) in [5, 5.41) is 3.35. The first-order chi connectivity index (χ1) is 9.65. The third-order valence-electron chi connectivity index (χ3n) is 3.82. The maximum absolute atomic E-state index is 13.5. The van der Waals surface area contributed by atoms with Crippen molar-refractivity contribution in [1.29, 1.82) is 0 Å². The van der Waals surface area contributed by atoms with Crippen LogP contribution in [0.15, 0.2) is 18.2 Å². The molecule has 0 saturated carbocycles. The monoisotopic (exact) mass is 276 g/mol. The van der Waals surface area contributed by atoms with E-state index in [1.807, 2.05) is 0 Å². The fourth-order valence-electron chi connectivity index (χ4n) is 2.87. The number of nitrogens with zero attached hydrogens (tertiary/aromatic N) is 3. The Labute approximate surface area is 118 Å². The van der Waals surface area contributed by atoms with E-state index in [2.05, 4.69) is 28.6 Å². The van der Waals surface area contributed by atoms with Crippen LogP contribution >= 0.6 is 0 Å². The largest absolute Gasteiger partial charge is 0.324 e.